The fourth-order valence-corrected chi connectivity index (χ4v) is 3.04. The first kappa shape index (κ1) is 11.5. The Morgan fingerprint density at radius 1 is 1.45 bits per heavy atom. The van der Waals surface area contributed by atoms with Crippen LogP contribution in [0.15, 0.2) is 0 Å². The SMILES string of the molecule is CCCOP(=O)(O)SCCC. The summed E-state index contributed by atoms with van der Waals surface area (Å²) in [6.07, 6.45) is 1.67. The molecule has 0 saturated carbocycles. The Morgan fingerprint density at radius 2 is 2.09 bits per heavy atom. The fourth-order valence-electron chi connectivity index (χ4n) is 0.451. The average Bonchev–Trinajstić information content (AvgIpc) is 1.97. The summed E-state index contributed by atoms with van der Waals surface area (Å²) < 4.78 is 15.8. The first-order chi connectivity index (χ1) is 5.12. The van der Waals surface area contributed by atoms with Crippen LogP contribution in [0.5, 0.6) is 0 Å². The van der Waals surface area contributed by atoms with Crippen LogP contribution in [0, 0.1) is 0 Å². The molecule has 11 heavy (non-hydrogen) atoms. The van der Waals surface area contributed by atoms with E-state index in [0.717, 1.165) is 24.2 Å². The van der Waals surface area contributed by atoms with Gasteiger partial charge in [-0.25, -0.2) is 4.57 Å². The van der Waals surface area contributed by atoms with Crippen molar-refractivity contribution in [3.63, 3.8) is 0 Å². The molecule has 0 aliphatic heterocycles. The molecule has 1 unspecified atom stereocenters. The summed E-state index contributed by atoms with van der Waals surface area (Å²) >= 11 is 1.01. The molecule has 0 aliphatic rings. The van der Waals surface area contributed by atoms with E-state index >= 15 is 0 Å². The molecule has 0 saturated heterocycles. The van der Waals surface area contributed by atoms with E-state index in [1.807, 2.05) is 13.8 Å². The van der Waals surface area contributed by atoms with Crippen molar-refractivity contribution >= 4 is 18.2 Å². The largest absolute Gasteiger partial charge is 0.386 e. The highest BCUT2D eigenvalue weighted by molar-refractivity contribution is 8.54. The summed E-state index contributed by atoms with van der Waals surface area (Å²) in [5, 5.41) is 0. The topological polar surface area (TPSA) is 46.5 Å². The summed E-state index contributed by atoms with van der Waals surface area (Å²) in [5.41, 5.74) is 0. The van der Waals surface area contributed by atoms with E-state index < -0.39 is 6.80 Å². The molecule has 0 aromatic heterocycles. The van der Waals surface area contributed by atoms with Crippen molar-refractivity contribution in [1.82, 2.24) is 0 Å². The maximum Gasteiger partial charge on any atom is 0.386 e. The average molecular weight is 198 g/mol. The second-order valence-electron chi connectivity index (χ2n) is 2.14. The molecule has 0 aliphatic carbocycles. The van der Waals surface area contributed by atoms with Crippen molar-refractivity contribution in [3.05, 3.63) is 0 Å². The minimum Gasteiger partial charge on any atom is -0.316 e. The normalized spacial score (nSPS) is 16.3. The van der Waals surface area contributed by atoms with Crippen LogP contribution in [-0.2, 0) is 9.09 Å². The Morgan fingerprint density at radius 3 is 2.55 bits per heavy atom. The molecule has 0 fully saturated rings. The lowest BCUT2D eigenvalue weighted by Gasteiger charge is -2.08. The zero-order valence-corrected chi connectivity index (χ0v) is 8.66. The van der Waals surface area contributed by atoms with Gasteiger partial charge in [0.05, 0.1) is 6.61 Å². The first-order valence-corrected chi connectivity index (χ1v) is 6.91. The molecule has 0 amide bonds. The van der Waals surface area contributed by atoms with Crippen LogP contribution in [-0.4, -0.2) is 17.3 Å². The van der Waals surface area contributed by atoms with Gasteiger partial charge in [-0.1, -0.05) is 13.8 Å². The molecule has 0 radical (unpaired) electrons. The summed E-state index contributed by atoms with van der Waals surface area (Å²) in [6.45, 7) is 0.929. The van der Waals surface area contributed by atoms with E-state index in [2.05, 4.69) is 0 Å². The molecule has 0 bridgehead atoms. The molecule has 3 nitrogen and oxygen atoms in total. The van der Waals surface area contributed by atoms with Gasteiger partial charge in [-0.05, 0) is 24.2 Å². The lowest BCUT2D eigenvalue weighted by molar-refractivity contribution is 0.276. The summed E-state index contributed by atoms with van der Waals surface area (Å²) in [6, 6.07) is 0. The van der Waals surface area contributed by atoms with E-state index in [0.29, 0.717) is 12.4 Å². The molecule has 68 valence electrons. The third-order valence-corrected chi connectivity index (χ3v) is 4.19. The van der Waals surface area contributed by atoms with Crippen LogP contribution < -0.4 is 0 Å². The monoisotopic (exact) mass is 198 g/mol. The molecule has 0 heterocycles. The summed E-state index contributed by atoms with van der Waals surface area (Å²) in [5.74, 6) is 0.678. The number of rotatable bonds is 6. The van der Waals surface area contributed by atoms with Gasteiger partial charge in [0.2, 0.25) is 0 Å². The quantitative estimate of drug-likeness (QED) is 0.666. The minimum absolute atomic E-state index is 0.366. The molecule has 0 spiro atoms. The molecular weight excluding hydrogens is 183 g/mol. The van der Waals surface area contributed by atoms with Crippen LogP contribution in [0.2, 0.25) is 0 Å². The number of hydrogen-bond acceptors (Lipinski definition) is 3. The van der Waals surface area contributed by atoms with E-state index in [4.69, 9.17) is 9.42 Å². The van der Waals surface area contributed by atoms with Crippen molar-refractivity contribution in [2.24, 2.45) is 0 Å². The lowest BCUT2D eigenvalue weighted by Crippen LogP contribution is -1.88. The van der Waals surface area contributed by atoms with E-state index in [1.165, 1.54) is 0 Å². The van der Waals surface area contributed by atoms with Gasteiger partial charge in [-0.3, -0.25) is 0 Å². The summed E-state index contributed by atoms with van der Waals surface area (Å²) in [7, 11) is 0. The predicted molar refractivity (Wildman–Crippen MR) is 48.8 cm³/mol. The van der Waals surface area contributed by atoms with E-state index in [1.54, 1.807) is 0 Å². The van der Waals surface area contributed by atoms with Crippen molar-refractivity contribution in [1.29, 1.82) is 0 Å². The fraction of sp³-hybridized carbons (Fsp3) is 1.00. The van der Waals surface area contributed by atoms with Gasteiger partial charge < -0.3 is 9.42 Å². The van der Waals surface area contributed by atoms with Crippen LogP contribution in [0.1, 0.15) is 26.7 Å². The molecule has 0 rings (SSSR count). The van der Waals surface area contributed by atoms with Gasteiger partial charge in [0, 0.05) is 5.75 Å². The second kappa shape index (κ2) is 6.06. The Kier molecular flexibility index (Phi) is 6.34. The van der Waals surface area contributed by atoms with Gasteiger partial charge in [0.25, 0.3) is 0 Å². The lowest BCUT2D eigenvalue weighted by atomic mass is 10.5. The predicted octanol–water partition coefficient (Wildman–Crippen LogP) is 2.66. The molecule has 5 heteroatoms. The molecule has 0 aromatic rings. The first-order valence-electron chi connectivity index (χ1n) is 3.74. The second-order valence-corrected chi connectivity index (χ2v) is 6.16. The zero-order valence-electron chi connectivity index (χ0n) is 6.95. The maximum absolute atomic E-state index is 11.0. The Balaban J connectivity index is 3.53. The third-order valence-electron chi connectivity index (χ3n) is 0.917. The molecule has 0 aromatic carbocycles. The minimum atomic E-state index is -3.31. The smallest absolute Gasteiger partial charge is 0.316 e. The Bertz CT molecular complexity index is 128. The van der Waals surface area contributed by atoms with E-state index in [-0.39, 0.29) is 0 Å². The van der Waals surface area contributed by atoms with Gasteiger partial charge >= 0.3 is 6.80 Å². The van der Waals surface area contributed by atoms with Crippen molar-refractivity contribution < 1.29 is 14.0 Å². The van der Waals surface area contributed by atoms with E-state index in [9.17, 15) is 4.57 Å². The van der Waals surface area contributed by atoms with Crippen molar-refractivity contribution in [2.75, 3.05) is 12.4 Å². The highest BCUT2D eigenvalue weighted by Crippen LogP contribution is 2.55. The van der Waals surface area contributed by atoms with Gasteiger partial charge in [-0.2, -0.15) is 0 Å². The molecular formula is C6H15O3PS. The standard InChI is InChI=1S/C6H15O3PS/c1-3-5-9-10(7,8)11-6-4-2/h3-6H2,1-2H3,(H,7,8). The van der Waals surface area contributed by atoms with Gasteiger partial charge in [0.15, 0.2) is 0 Å². The zero-order chi connectivity index (χ0) is 8.74. The third kappa shape index (κ3) is 6.88. The highest BCUT2D eigenvalue weighted by Gasteiger charge is 2.18. The molecule has 1 N–H and O–H groups in total. The Hall–Kier alpha value is 0.500. The van der Waals surface area contributed by atoms with Gasteiger partial charge in [0.1, 0.15) is 0 Å². The Labute approximate surface area is 71.8 Å². The van der Waals surface area contributed by atoms with Crippen LogP contribution in [0.3, 0.4) is 0 Å². The van der Waals surface area contributed by atoms with Gasteiger partial charge in [-0.15, -0.1) is 0 Å². The number of hydrogen-bond donors (Lipinski definition) is 1. The van der Waals surface area contributed by atoms with Crippen LogP contribution in [0.4, 0.5) is 0 Å². The van der Waals surface area contributed by atoms with Crippen LogP contribution >= 0.6 is 18.2 Å². The highest BCUT2D eigenvalue weighted by atomic mass is 32.7. The van der Waals surface area contributed by atoms with Crippen molar-refractivity contribution in [2.45, 2.75) is 26.7 Å². The summed E-state index contributed by atoms with van der Waals surface area (Å²) in [4.78, 5) is 9.07. The maximum atomic E-state index is 11.0. The van der Waals surface area contributed by atoms with Crippen LogP contribution in [0.25, 0.3) is 0 Å². The molecule has 1 atom stereocenters. The van der Waals surface area contributed by atoms with Crippen molar-refractivity contribution in [3.8, 4) is 0 Å².